The molecule has 11 nitrogen and oxygen atoms in total. The van der Waals surface area contributed by atoms with Crippen LogP contribution in [0.4, 0.5) is 32.8 Å². The fourth-order valence-electron chi connectivity index (χ4n) is 4.45. The van der Waals surface area contributed by atoms with Crippen LogP contribution < -0.4 is 5.32 Å². The Labute approximate surface area is 257 Å². The second kappa shape index (κ2) is 12.8. The Bertz CT molecular complexity index is 1480. The molecule has 0 bridgehead atoms. The number of phenolic OH excluding ortho intramolecular Hbond substituents is 1. The summed E-state index contributed by atoms with van der Waals surface area (Å²) in [4.78, 5) is 54.5. The number of hydrogen-bond acceptors (Lipinski definition) is 8. The van der Waals surface area contributed by atoms with E-state index in [-0.39, 0.29) is 42.5 Å². The monoisotopic (exact) mass is 641 g/mol. The van der Waals surface area contributed by atoms with Gasteiger partial charge < -0.3 is 29.1 Å². The number of benzene rings is 2. The number of halogens is 4. The predicted octanol–water partition coefficient (Wildman–Crippen LogP) is 5.80. The lowest BCUT2D eigenvalue weighted by Crippen LogP contribution is -2.60. The Morgan fingerprint density at radius 3 is 2.11 bits per heavy atom. The summed E-state index contributed by atoms with van der Waals surface area (Å²) >= 11 is 0. The van der Waals surface area contributed by atoms with Gasteiger partial charge in [0.15, 0.2) is 0 Å². The highest BCUT2D eigenvalue weighted by Crippen LogP contribution is 2.39. The molecular formula is C30H35F4N3O8. The van der Waals surface area contributed by atoms with Crippen molar-refractivity contribution in [2.75, 3.05) is 32.1 Å². The molecule has 0 aliphatic carbocycles. The van der Waals surface area contributed by atoms with Crippen molar-refractivity contribution in [2.24, 2.45) is 0 Å². The molecular weight excluding hydrogens is 606 g/mol. The summed E-state index contributed by atoms with van der Waals surface area (Å²) in [7, 11) is 1.08. The van der Waals surface area contributed by atoms with E-state index in [4.69, 9.17) is 14.2 Å². The number of esters is 1. The summed E-state index contributed by atoms with van der Waals surface area (Å²) in [5, 5.41) is 12.4. The average molecular weight is 642 g/mol. The van der Waals surface area contributed by atoms with Crippen molar-refractivity contribution in [3.8, 4) is 16.9 Å². The minimum atomic E-state index is -5.14. The second-order valence-electron chi connectivity index (χ2n) is 12.2. The number of amides is 3. The highest BCUT2D eigenvalue weighted by molar-refractivity contribution is 6.05. The number of carbonyl (C=O) groups is 4. The normalized spacial score (nSPS) is 15.8. The summed E-state index contributed by atoms with van der Waals surface area (Å²) in [6, 6.07) is 2.94. The van der Waals surface area contributed by atoms with E-state index in [2.05, 4.69) is 5.32 Å². The molecule has 0 radical (unpaired) electrons. The van der Waals surface area contributed by atoms with Crippen LogP contribution in [-0.2, 0) is 25.2 Å². The van der Waals surface area contributed by atoms with Gasteiger partial charge in [0.2, 0.25) is 0 Å². The van der Waals surface area contributed by atoms with Gasteiger partial charge in [-0.15, -0.1) is 0 Å². The van der Waals surface area contributed by atoms with E-state index in [1.165, 1.54) is 4.90 Å². The van der Waals surface area contributed by atoms with Crippen LogP contribution in [0.15, 0.2) is 30.3 Å². The molecule has 2 aromatic rings. The lowest BCUT2D eigenvalue weighted by Gasteiger charge is -2.40. The molecule has 45 heavy (non-hydrogen) atoms. The predicted molar refractivity (Wildman–Crippen MR) is 153 cm³/mol. The van der Waals surface area contributed by atoms with Gasteiger partial charge in [-0.2, -0.15) is 13.2 Å². The van der Waals surface area contributed by atoms with Gasteiger partial charge in [-0.3, -0.25) is 10.1 Å². The molecule has 0 aromatic heterocycles. The highest BCUT2D eigenvalue weighted by atomic mass is 19.4. The number of phenols is 1. The maximum Gasteiger partial charge on any atom is 0.419 e. The molecule has 1 heterocycles. The largest absolute Gasteiger partial charge is 0.508 e. The Morgan fingerprint density at radius 1 is 0.933 bits per heavy atom. The molecule has 2 aromatic carbocycles. The summed E-state index contributed by atoms with van der Waals surface area (Å²) in [5.74, 6) is -4.38. The molecule has 1 aliphatic heterocycles. The summed E-state index contributed by atoms with van der Waals surface area (Å²) < 4.78 is 71.1. The fourth-order valence-corrected chi connectivity index (χ4v) is 4.45. The Kier molecular flexibility index (Phi) is 9.94. The van der Waals surface area contributed by atoms with Crippen molar-refractivity contribution in [2.45, 2.75) is 65.0 Å². The number of alkyl halides is 3. The topological polar surface area (TPSA) is 135 Å². The standard InChI is InChI=1S/C30H35F4N3O8/c1-28(2,3)44-26(41)35-21-9-8-16(18-13-17(38)14-20(23(18)31)30(32,33)34)12-19(21)24(39)37-11-10-36(15-22(37)25(40)43-7)27(42)45-29(4,5)6/h8-9,12-14,22,38H,10-11,15H2,1-7H3,(H,35,41). The van der Waals surface area contributed by atoms with Crippen LogP contribution in [0.2, 0.25) is 0 Å². The van der Waals surface area contributed by atoms with Crippen LogP contribution in [0.1, 0.15) is 57.5 Å². The molecule has 1 fully saturated rings. The Balaban J connectivity index is 2.12. The smallest absolute Gasteiger partial charge is 0.419 e. The number of nitrogens with one attached hydrogen (secondary N) is 1. The first-order chi connectivity index (χ1) is 20.6. The summed E-state index contributed by atoms with van der Waals surface area (Å²) in [6.07, 6.45) is -6.86. The first-order valence-electron chi connectivity index (χ1n) is 13.7. The van der Waals surface area contributed by atoms with Crippen molar-refractivity contribution in [3.63, 3.8) is 0 Å². The quantitative estimate of drug-likeness (QED) is 0.243. The first kappa shape index (κ1) is 34.9. The third-order valence-corrected chi connectivity index (χ3v) is 6.33. The molecule has 0 saturated carbocycles. The molecule has 2 N–H and O–H groups in total. The number of carbonyl (C=O) groups excluding carboxylic acids is 4. The molecule has 1 aliphatic rings. The fraction of sp³-hybridized carbons (Fsp3) is 0.467. The van der Waals surface area contributed by atoms with Gasteiger partial charge in [0, 0.05) is 18.7 Å². The maximum absolute atomic E-state index is 15.1. The van der Waals surface area contributed by atoms with Crippen molar-refractivity contribution in [1.29, 1.82) is 0 Å². The van der Waals surface area contributed by atoms with Gasteiger partial charge in [-0.05, 0) is 71.4 Å². The number of hydrogen-bond donors (Lipinski definition) is 2. The van der Waals surface area contributed by atoms with Crippen molar-refractivity contribution < 1.29 is 56.1 Å². The first-order valence-corrected chi connectivity index (χ1v) is 13.7. The minimum Gasteiger partial charge on any atom is -0.508 e. The number of aromatic hydroxyl groups is 1. The van der Waals surface area contributed by atoms with Crippen molar-refractivity contribution in [3.05, 3.63) is 47.3 Å². The maximum atomic E-state index is 15.1. The zero-order valence-electron chi connectivity index (χ0n) is 25.8. The summed E-state index contributed by atoms with van der Waals surface area (Å²) in [6.45, 7) is 9.13. The Hall–Kier alpha value is -4.56. The molecule has 3 rings (SSSR count). The number of methoxy groups -OCH3 is 1. The molecule has 0 spiro atoms. The van der Waals surface area contributed by atoms with E-state index in [0.29, 0.717) is 0 Å². The number of rotatable bonds is 4. The second-order valence-corrected chi connectivity index (χ2v) is 12.2. The van der Waals surface area contributed by atoms with Gasteiger partial charge in [-0.1, -0.05) is 6.07 Å². The molecule has 1 atom stereocenters. The van der Waals surface area contributed by atoms with Gasteiger partial charge in [0.05, 0.1) is 30.5 Å². The van der Waals surface area contributed by atoms with Gasteiger partial charge >= 0.3 is 24.3 Å². The number of anilines is 1. The zero-order chi connectivity index (χ0) is 34.1. The molecule has 15 heteroatoms. The third-order valence-electron chi connectivity index (χ3n) is 6.33. The molecule has 3 amide bonds. The summed E-state index contributed by atoms with van der Waals surface area (Å²) in [5.41, 5.74) is -4.98. The number of piperazine rings is 1. The van der Waals surface area contributed by atoms with E-state index in [9.17, 15) is 37.5 Å². The Morgan fingerprint density at radius 2 is 1.56 bits per heavy atom. The van der Waals surface area contributed by atoms with Crippen LogP contribution >= 0.6 is 0 Å². The highest BCUT2D eigenvalue weighted by Gasteiger charge is 2.40. The zero-order valence-corrected chi connectivity index (χ0v) is 25.8. The van der Waals surface area contributed by atoms with E-state index in [1.54, 1.807) is 41.5 Å². The van der Waals surface area contributed by atoms with E-state index < -0.39 is 70.2 Å². The molecule has 246 valence electrons. The van der Waals surface area contributed by atoms with Crippen LogP contribution in [0.5, 0.6) is 5.75 Å². The molecule has 1 unspecified atom stereocenters. The van der Waals surface area contributed by atoms with E-state index >= 15 is 4.39 Å². The van der Waals surface area contributed by atoms with Crippen molar-refractivity contribution in [1.82, 2.24) is 9.80 Å². The van der Waals surface area contributed by atoms with E-state index in [0.717, 1.165) is 36.3 Å². The lowest BCUT2D eigenvalue weighted by atomic mass is 9.97. The SMILES string of the molecule is COC(=O)C1CN(C(=O)OC(C)(C)C)CCN1C(=O)c1cc(-c2cc(O)cc(C(F)(F)F)c2F)ccc1NC(=O)OC(C)(C)C. The molecule has 1 saturated heterocycles. The van der Waals surface area contributed by atoms with Gasteiger partial charge in [0.1, 0.15) is 28.8 Å². The van der Waals surface area contributed by atoms with Crippen LogP contribution in [0.25, 0.3) is 11.1 Å². The van der Waals surface area contributed by atoms with E-state index in [1.807, 2.05) is 0 Å². The van der Waals surface area contributed by atoms with Crippen molar-refractivity contribution >= 4 is 29.8 Å². The van der Waals surface area contributed by atoms with Gasteiger partial charge in [-0.25, -0.2) is 18.8 Å². The number of ether oxygens (including phenoxy) is 3. The van der Waals surface area contributed by atoms with Crippen LogP contribution in [0, 0.1) is 5.82 Å². The lowest BCUT2D eigenvalue weighted by molar-refractivity contribution is -0.148. The third kappa shape index (κ3) is 8.76. The van der Waals surface area contributed by atoms with Gasteiger partial charge in [0.25, 0.3) is 5.91 Å². The van der Waals surface area contributed by atoms with Crippen LogP contribution in [0.3, 0.4) is 0 Å². The number of nitrogens with zero attached hydrogens (tertiary/aromatic N) is 2. The van der Waals surface area contributed by atoms with Crippen LogP contribution in [-0.4, -0.2) is 83.0 Å². The minimum absolute atomic E-state index is 0.0706. The average Bonchev–Trinajstić information content (AvgIpc) is 2.90.